The molecule has 3 rings (SSSR count). The van der Waals surface area contributed by atoms with Crippen molar-refractivity contribution in [2.75, 3.05) is 0 Å². The first-order chi connectivity index (χ1) is 12.0. The van der Waals surface area contributed by atoms with E-state index in [0.29, 0.717) is 22.8 Å². The van der Waals surface area contributed by atoms with Gasteiger partial charge in [0.2, 0.25) is 0 Å². The number of aromatic nitrogens is 1. The second-order valence-corrected chi connectivity index (χ2v) is 6.54. The molecule has 1 aromatic heterocycles. The van der Waals surface area contributed by atoms with E-state index in [-0.39, 0.29) is 30.4 Å². The minimum atomic E-state index is -0.105. The maximum Gasteiger partial charge on any atom is 0.276 e. The fourth-order valence-corrected chi connectivity index (χ4v) is 3.17. The van der Waals surface area contributed by atoms with Gasteiger partial charge in [-0.2, -0.15) is 0 Å². The van der Waals surface area contributed by atoms with E-state index in [1.807, 2.05) is 18.7 Å². The van der Waals surface area contributed by atoms with Crippen molar-refractivity contribution >= 4 is 11.7 Å². The highest BCUT2D eigenvalue weighted by atomic mass is 16.5. The Morgan fingerprint density at radius 2 is 1.96 bits per heavy atom. The third-order valence-corrected chi connectivity index (χ3v) is 4.59. The van der Waals surface area contributed by atoms with Crippen molar-refractivity contribution in [1.82, 2.24) is 10.1 Å². The molecule has 0 unspecified atom stereocenters. The van der Waals surface area contributed by atoms with Gasteiger partial charge < -0.3 is 14.2 Å². The molecule has 1 aromatic carbocycles. The summed E-state index contributed by atoms with van der Waals surface area (Å²) in [4.78, 5) is 25.9. The van der Waals surface area contributed by atoms with Crippen molar-refractivity contribution in [1.29, 1.82) is 0 Å². The summed E-state index contributed by atoms with van der Waals surface area (Å²) < 4.78 is 10.9. The molecule has 6 nitrogen and oxygen atoms in total. The Kier molecular flexibility index (Phi) is 4.88. The smallest absolute Gasteiger partial charge is 0.276 e. The van der Waals surface area contributed by atoms with Gasteiger partial charge in [-0.25, -0.2) is 0 Å². The van der Waals surface area contributed by atoms with Crippen LogP contribution in [0.3, 0.4) is 0 Å². The van der Waals surface area contributed by atoms with Crippen LogP contribution in [0.1, 0.15) is 60.2 Å². The van der Waals surface area contributed by atoms with Crippen LogP contribution in [-0.4, -0.2) is 33.8 Å². The minimum absolute atomic E-state index is 0.0214. The Hall–Kier alpha value is -2.63. The fraction of sp³-hybridized carbons (Fsp3) is 0.421. The minimum Gasteiger partial charge on any atom is -0.486 e. The van der Waals surface area contributed by atoms with Gasteiger partial charge in [-0.15, -0.1) is 0 Å². The van der Waals surface area contributed by atoms with Crippen molar-refractivity contribution in [3.8, 4) is 5.75 Å². The van der Waals surface area contributed by atoms with Gasteiger partial charge in [0.1, 0.15) is 12.4 Å². The highest BCUT2D eigenvalue weighted by Gasteiger charge is 2.33. The SMILES string of the molecule is CC(=O)c1cccc(OCc2cc(C(=O)N3[C@@H](C)CC[C@@H]3C)no2)c1. The Morgan fingerprint density at radius 1 is 1.24 bits per heavy atom. The predicted molar refractivity (Wildman–Crippen MR) is 91.6 cm³/mol. The lowest BCUT2D eigenvalue weighted by Crippen LogP contribution is -2.38. The average molecular weight is 342 g/mol. The van der Waals surface area contributed by atoms with Gasteiger partial charge in [0.15, 0.2) is 17.2 Å². The summed E-state index contributed by atoms with van der Waals surface area (Å²) in [5.74, 6) is 0.910. The summed E-state index contributed by atoms with van der Waals surface area (Å²) in [5.41, 5.74) is 0.889. The van der Waals surface area contributed by atoms with Crippen LogP contribution >= 0.6 is 0 Å². The zero-order valence-electron chi connectivity index (χ0n) is 14.7. The van der Waals surface area contributed by atoms with Gasteiger partial charge in [0.25, 0.3) is 5.91 Å². The first-order valence-corrected chi connectivity index (χ1v) is 8.47. The molecule has 1 amide bonds. The molecule has 0 radical (unpaired) electrons. The third kappa shape index (κ3) is 3.73. The van der Waals surface area contributed by atoms with E-state index in [1.165, 1.54) is 6.92 Å². The molecule has 2 aromatic rings. The quantitative estimate of drug-likeness (QED) is 0.778. The highest BCUT2D eigenvalue weighted by Crippen LogP contribution is 2.25. The van der Waals surface area contributed by atoms with E-state index in [0.717, 1.165) is 12.8 Å². The normalized spacial score (nSPS) is 19.9. The fourth-order valence-electron chi connectivity index (χ4n) is 3.17. The van der Waals surface area contributed by atoms with Crippen molar-refractivity contribution in [2.24, 2.45) is 0 Å². The lowest BCUT2D eigenvalue weighted by atomic mass is 10.1. The highest BCUT2D eigenvalue weighted by molar-refractivity contribution is 5.94. The number of nitrogens with zero attached hydrogens (tertiary/aromatic N) is 2. The molecule has 25 heavy (non-hydrogen) atoms. The van der Waals surface area contributed by atoms with E-state index in [4.69, 9.17) is 9.26 Å². The Balaban J connectivity index is 1.65. The number of likely N-dealkylation sites (tertiary alicyclic amines) is 1. The van der Waals surface area contributed by atoms with Gasteiger partial charge in [-0.1, -0.05) is 17.3 Å². The molecule has 1 aliphatic heterocycles. The Bertz CT molecular complexity index is 773. The Labute approximate surface area is 146 Å². The standard InChI is InChI=1S/C19H22N2O4/c1-12-7-8-13(2)21(12)19(23)18-10-17(25-20-18)11-24-16-6-4-5-15(9-16)14(3)22/h4-6,9-10,12-13H,7-8,11H2,1-3H3/t12-,13-/m0/s1. The van der Waals surface area contributed by atoms with Gasteiger partial charge in [0, 0.05) is 23.7 Å². The number of carbonyl (C=O) groups is 2. The lowest BCUT2D eigenvalue weighted by molar-refractivity contribution is 0.0681. The molecule has 0 bridgehead atoms. The van der Waals surface area contributed by atoms with E-state index in [9.17, 15) is 9.59 Å². The van der Waals surface area contributed by atoms with Crippen LogP contribution in [0.15, 0.2) is 34.9 Å². The molecule has 2 atom stereocenters. The van der Waals surface area contributed by atoms with Crippen LogP contribution in [0, 0.1) is 0 Å². The van der Waals surface area contributed by atoms with E-state index < -0.39 is 0 Å². The lowest BCUT2D eigenvalue weighted by Gasteiger charge is -2.24. The molecule has 2 heterocycles. The van der Waals surface area contributed by atoms with Gasteiger partial charge in [0.05, 0.1) is 0 Å². The number of ether oxygens (including phenoxy) is 1. The average Bonchev–Trinajstić information content (AvgIpc) is 3.19. The van der Waals surface area contributed by atoms with Gasteiger partial charge >= 0.3 is 0 Å². The number of Topliss-reactive ketones (excluding diaryl/α,β-unsaturated/α-hetero) is 1. The number of ketones is 1. The molecule has 132 valence electrons. The monoisotopic (exact) mass is 342 g/mol. The number of carbonyl (C=O) groups excluding carboxylic acids is 2. The summed E-state index contributed by atoms with van der Waals surface area (Å²) in [6.45, 7) is 5.75. The van der Waals surface area contributed by atoms with Crippen molar-refractivity contribution in [3.63, 3.8) is 0 Å². The van der Waals surface area contributed by atoms with Crippen molar-refractivity contribution in [3.05, 3.63) is 47.3 Å². The number of benzene rings is 1. The van der Waals surface area contributed by atoms with Crippen molar-refractivity contribution in [2.45, 2.75) is 52.3 Å². The van der Waals surface area contributed by atoms with Gasteiger partial charge in [-0.05, 0) is 45.7 Å². The molecular weight excluding hydrogens is 320 g/mol. The molecule has 0 spiro atoms. The second-order valence-electron chi connectivity index (χ2n) is 6.54. The molecule has 0 N–H and O–H groups in total. The van der Waals surface area contributed by atoms with E-state index >= 15 is 0 Å². The summed E-state index contributed by atoms with van der Waals surface area (Å²) >= 11 is 0. The first kappa shape index (κ1) is 17.2. The van der Waals surface area contributed by atoms with Gasteiger partial charge in [-0.3, -0.25) is 9.59 Å². The maximum atomic E-state index is 12.6. The Morgan fingerprint density at radius 3 is 2.64 bits per heavy atom. The zero-order chi connectivity index (χ0) is 18.0. The number of amides is 1. The molecule has 0 saturated carbocycles. The third-order valence-electron chi connectivity index (χ3n) is 4.59. The van der Waals surface area contributed by atoms with Crippen molar-refractivity contribution < 1.29 is 18.8 Å². The van der Waals surface area contributed by atoms with Crippen LogP contribution in [0.5, 0.6) is 5.75 Å². The molecule has 0 aliphatic carbocycles. The maximum absolute atomic E-state index is 12.6. The summed E-state index contributed by atoms with van der Waals surface area (Å²) in [6, 6.07) is 8.99. The zero-order valence-corrected chi connectivity index (χ0v) is 14.7. The summed E-state index contributed by atoms with van der Waals surface area (Å²) in [7, 11) is 0. The van der Waals surface area contributed by atoms with Crippen LogP contribution in [0.4, 0.5) is 0 Å². The molecule has 1 aliphatic rings. The van der Waals surface area contributed by atoms with Crippen LogP contribution < -0.4 is 4.74 Å². The predicted octanol–water partition coefficient (Wildman–Crippen LogP) is 3.47. The van der Waals surface area contributed by atoms with E-state index in [2.05, 4.69) is 5.16 Å². The van der Waals surface area contributed by atoms with Crippen LogP contribution in [-0.2, 0) is 6.61 Å². The summed E-state index contributed by atoms with van der Waals surface area (Å²) in [6.07, 6.45) is 2.01. The first-order valence-electron chi connectivity index (χ1n) is 8.47. The number of rotatable bonds is 5. The number of hydrogen-bond donors (Lipinski definition) is 0. The molecular formula is C19H22N2O4. The molecule has 1 saturated heterocycles. The topological polar surface area (TPSA) is 72.6 Å². The van der Waals surface area contributed by atoms with Crippen LogP contribution in [0.25, 0.3) is 0 Å². The summed E-state index contributed by atoms with van der Waals surface area (Å²) in [5, 5.41) is 3.89. The largest absolute Gasteiger partial charge is 0.486 e. The molecule has 6 heteroatoms. The second kappa shape index (κ2) is 7.09. The number of hydrogen-bond acceptors (Lipinski definition) is 5. The van der Waals surface area contributed by atoms with Crippen LogP contribution in [0.2, 0.25) is 0 Å². The molecule has 1 fully saturated rings. The van der Waals surface area contributed by atoms with E-state index in [1.54, 1.807) is 30.3 Å².